The standard InChI is InChI=1S/C18H24FN3O2S/c1-20-13-6-8-22(9-7-13)18(24)15-11-25-16(17(23)21-15)10-12-4-2-3-5-14(12)19/h2-5,13,15-16,20H,6-11H2,1H3,(H,21,23). The van der Waals surface area contributed by atoms with E-state index in [1.165, 1.54) is 17.8 Å². The fourth-order valence-corrected chi connectivity index (χ4v) is 4.52. The molecular weight excluding hydrogens is 341 g/mol. The van der Waals surface area contributed by atoms with Crippen LogP contribution >= 0.6 is 11.8 Å². The van der Waals surface area contributed by atoms with Crippen LogP contribution in [0.15, 0.2) is 24.3 Å². The Hall–Kier alpha value is -1.60. The molecule has 2 atom stereocenters. The van der Waals surface area contributed by atoms with Crippen molar-refractivity contribution in [3.63, 3.8) is 0 Å². The third kappa shape index (κ3) is 4.33. The van der Waals surface area contributed by atoms with Crippen LogP contribution in [0, 0.1) is 5.82 Å². The summed E-state index contributed by atoms with van der Waals surface area (Å²) in [4.78, 5) is 26.8. The molecule has 2 aliphatic rings. The third-order valence-corrected chi connectivity index (χ3v) is 6.26. The quantitative estimate of drug-likeness (QED) is 0.841. The number of rotatable bonds is 4. The first kappa shape index (κ1) is 18.2. The van der Waals surface area contributed by atoms with Crippen molar-refractivity contribution in [2.24, 2.45) is 0 Å². The van der Waals surface area contributed by atoms with Crippen LogP contribution in [0.5, 0.6) is 0 Å². The molecule has 1 aromatic rings. The van der Waals surface area contributed by atoms with Crippen molar-refractivity contribution in [3.8, 4) is 0 Å². The van der Waals surface area contributed by atoms with Crippen molar-refractivity contribution >= 4 is 23.6 Å². The van der Waals surface area contributed by atoms with Gasteiger partial charge in [-0.15, -0.1) is 11.8 Å². The number of carbonyl (C=O) groups is 2. The van der Waals surface area contributed by atoms with E-state index in [9.17, 15) is 14.0 Å². The molecule has 136 valence electrons. The van der Waals surface area contributed by atoms with Crippen LogP contribution in [0.1, 0.15) is 18.4 Å². The molecule has 2 amide bonds. The smallest absolute Gasteiger partial charge is 0.246 e. The Morgan fingerprint density at radius 2 is 2.08 bits per heavy atom. The number of piperidine rings is 1. The molecule has 2 N–H and O–H groups in total. The zero-order valence-electron chi connectivity index (χ0n) is 14.3. The van der Waals surface area contributed by atoms with Gasteiger partial charge in [-0.25, -0.2) is 4.39 Å². The van der Waals surface area contributed by atoms with E-state index in [0.717, 1.165) is 25.9 Å². The summed E-state index contributed by atoms with van der Waals surface area (Å²) in [5.74, 6) is 0.0690. The first-order chi connectivity index (χ1) is 12.1. The fraction of sp³-hybridized carbons (Fsp3) is 0.556. The maximum atomic E-state index is 13.8. The van der Waals surface area contributed by atoms with Gasteiger partial charge in [0.1, 0.15) is 11.9 Å². The van der Waals surface area contributed by atoms with Gasteiger partial charge < -0.3 is 15.5 Å². The predicted molar refractivity (Wildman–Crippen MR) is 96.9 cm³/mol. The molecule has 2 unspecified atom stereocenters. The van der Waals surface area contributed by atoms with E-state index in [1.807, 2.05) is 11.9 Å². The first-order valence-corrected chi connectivity index (χ1v) is 9.75. The van der Waals surface area contributed by atoms with Crippen molar-refractivity contribution < 1.29 is 14.0 Å². The Labute approximate surface area is 151 Å². The molecule has 2 fully saturated rings. The molecule has 25 heavy (non-hydrogen) atoms. The van der Waals surface area contributed by atoms with Gasteiger partial charge in [-0.1, -0.05) is 18.2 Å². The molecule has 7 heteroatoms. The zero-order chi connectivity index (χ0) is 17.8. The van der Waals surface area contributed by atoms with Crippen molar-refractivity contribution in [2.75, 3.05) is 25.9 Å². The van der Waals surface area contributed by atoms with E-state index in [1.54, 1.807) is 18.2 Å². The number of benzene rings is 1. The summed E-state index contributed by atoms with van der Waals surface area (Å²) in [6.07, 6.45) is 2.22. The second-order valence-electron chi connectivity index (χ2n) is 6.57. The number of amides is 2. The molecule has 0 saturated carbocycles. The molecule has 0 aromatic heterocycles. The maximum absolute atomic E-state index is 13.8. The number of halogens is 1. The van der Waals surface area contributed by atoms with Gasteiger partial charge in [-0.2, -0.15) is 0 Å². The summed E-state index contributed by atoms with van der Waals surface area (Å²) in [7, 11) is 1.94. The zero-order valence-corrected chi connectivity index (χ0v) is 15.2. The molecule has 2 heterocycles. The van der Waals surface area contributed by atoms with E-state index >= 15 is 0 Å². The van der Waals surface area contributed by atoms with E-state index in [-0.39, 0.29) is 22.9 Å². The predicted octanol–water partition coefficient (Wildman–Crippen LogP) is 1.18. The summed E-state index contributed by atoms with van der Waals surface area (Å²) in [6, 6.07) is 6.50. The van der Waals surface area contributed by atoms with Crippen LogP contribution in [0.25, 0.3) is 0 Å². The normalized spacial score (nSPS) is 24.9. The van der Waals surface area contributed by atoms with Gasteiger partial charge in [0, 0.05) is 24.9 Å². The molecular formula is C18H24FN3O2S. The fourth-order valence-electron chi connectivity index (χ4n) is 3.35. The Morgan fingerprint density at radius 3 is 2.72 bits per heavy atom. The summed E-state index contributed by atoms with van der Waals surface area (Å²) < 4.78 is 13.8. The number of likely N-dealkylation sites (tertiary alicyclic amines) is 1. The number of nitrogens with zero attached hydrogens (tertiary/aromatic N) is 1. The Bertz CT molecular complexity index is 635. The van der Waals surface area contributed by atoms with Gasteiger partial charge in [0.25, 0.3) is 0 Å². The molecule has 3 rings (SSSR count). The monoisotopic (exact) mass is 365 g/mol. The van der Waals surface area contributed by atoms with E-state index in [0.29, 0.717) is 23.8 Å². The molecule has 0 bridgehead atoms. The second kappa shape index (κ2) is 8.19. The Morgan fingerprint density at radius 1 is 1.36 bits per heavy atom. The molecule has 1 aromatic carbocycles. The van der Waals surface area contributed by atoms with Gasteiger partial charge in [-0.3, -0.25) is 9.59 Å². The molecule has 5 nitrogen and oxygen atoms in total. The van der Waals surface area contributed by atoms with Crippen LogP contribution in [0.2, 0.25) is 0 Å². The van der Waals surface area contributed by atoms with Crippen LogP contribution in [-0.2, 0) is 16.0 Å². The van der Waals surface area contributed by atoms with Gasteiger partial charge in [0.15, 0.2) is 0 Å². The van der Waals surface area contributed by atoms with Crippen molar-refractivity contribution in [1.29, 1.82) is 0 Å². The minimum absolute atomic E-state index is 0.000236. The highest BCUT2D eigenvalue weighted by molar-refractivity contribution is 8.00. The van der Waals surface area contributed by atoms with Crippen molar-refractivity contribution in [2.45, 2.75) is 36.6 Å². The largest absolute Gasteiger partial charge is 0.343 e. The number of nitrogens with one attached hydrogen (secondary N) is 2. The highest BCUT2D eigenvalue weighted by Crippen LogP contribution is 2.24. The van der Waals surface area contributed by atoms with Crippen LogP contribution in [0.3, 0.4) is 0 Å². The number of thioether (sulfide) groups is 1. The van der Waals surface area contributed by atoms with Gasteiger partial charge in [-0.05, 0) is 37.9 Å². The van der Waals surface area contributed by atoms with E-state index in [2.05, 4.69) is 10.6 Å². The van der Waals surface area contributed by atoms with Crippen molar-refractivity contribution in [3.05, 3.63) is 35.6 Å². The lowest BCUT2D eigenvalue weighted by atomic mass is 10.0. The Balaban J connectivity index is 1.54. The summed E-state index contributed by atoms with van der Waals surface area (Å²) in [5, 5.41) is 5.73. The van der Waals surface area contributed by atoms with Gasteiger partial charge in [0.05, 0.1) is 5.25 Å². The third-order valence-electron chi connectivity index (χ3n) is 4.95. The summed E-state index contributed by atoms with van der Waals surface area (Å²) >= 11 is 1.44. The molecule has 0 radical (unpaired) electrons. The first-order valence-electron chi connectivity index (χ1n) is 8.70. The number of hydrogen-bond donors (Lipinski definition) is 2. The van der Waals surface area contributed by atoms with Crippen molar-refractivity contribution in [1.82, 2.24) is 15.5 Å². The number of hydrogen-bond acceptors (Lipinski definition) is 4. The van der Waals surface area contributed by atoms with E-state index in [4.69, 9.17) is 0 Å². The number of carbonyl (C=O) groups excluding carboxylic acids is 2. The molecule has 2 saturated heterocycles. The lowest BCUT2D eigenvalue weighted by molar-refractivity contribution is -0.137. The van der Waals surface area contributed by atoms with Crippen LogP contribution in [-0.4, -0.2) is 59.9 Å². The highest BCUT2D eigenvalue weighted by Gasteiger charge is 2.35. The Kier molecular flexibility index (Phi) is 5.96. The lowest BCUT2D eigenvalue weighted by Crippen LogP contribution is -2.57. The topological polar surface area (TPSA) is 61.4 Å². The van der Waals surface area contributed by atoms with Crippen LogP contribution < -0.4 is 10.6 Å². The van der Waals surface area contributed by atoms with Crippen LogP contribution in [0.4, 0.5) is 4.39 Å². The molecule has 2 aliphatic heterocycles. The van der Waals surface area contributed by atoms with Gasteiger partial charge >= 0.3 is 0 Å². The molecule has 0 aliphatic carbocycles. The average molecular weight is 365 g/mol. The van der Waals surface area contributed by atoms with E-state index < -0.39 is 6.04 Å². The average Bonchev–Trinajstić information content (AvgIpc) is 2.64. The SMILES string of the molecule is CNC1CCN(C(=O)C2CSC(Cc3ccccc3F)C(=O)N2)CC1. The van der Waals surface area contributed by atoms with Gasteiger partial charge in [0.2, 0.25) is 11.8 Å². The summed E-state index contributed by atoms with van der Waals surface area (Å²) in [5.41, 5.74) is 0.536. The highest BCUT2D eigenvalue weighted by atomic mass is 32.2. The summed E-state index contributed by atoms with van der Waals surface area (Å²) in [6.45, 7) is 1.44. The lowest BCUT2D eigenvalue weighted by Gasteiger charge is -2.36. The molecule has 0 spiro atoms. The second-order valence-corrected chi connectivity index (χ2v) is 7.80. The minimum Gasteiger partial charge on any atom is -0.343 e. The minimum atomic E-state index is -0.472. The maximum Gasteiger partial charge on any atom is 0.246 e.